The first kappa shape index (κ1) is 11.5. The number of nitrogens with two attached hydrogens (primary N) is 1. The highest BCUT2D eigenvalue weighted by Gasteiger charge is 2.13. The van der Waals surface area contributed by atoms with Crippen molar-refractivity contribution in [2.45, 2.75) is 0 Å². The molecule has 0 spiro atoms. The minimum absolute atomic E-state index is 0.429. The molecule has 0 fully saturated rings. The summed E-state index contributed by atoms with van der Waals surface area (Å²) < 4.78 is 7.32. The van der Waals surface area contributed by atoms with Crippen LogP contribution in [0.1, 0.15) is 0 Å². The van der Waals surface area contributed by atoms with Gasteiger partial charge in [-0.1, -0.05) is 0 Å². The summed E-state index contributed by atoms with van der Waals surface area (Å²) in [4.78, 5) is 8.41. The van der Waals surface area contributed by atoms with E-state index in [1.165, 1.54) is 0 Å². The zero-order valence-electron chi connectivity index (χ0n) is 10.8. The number of nitrogens with zero attached hydrogens (tertiary/aromatic N) is 3. The molecule has 3 aromatic rings. The predicted molar refractivity (Wildman–Crippen MR) is 74.9 cm³/mol. The highest BCUT2D eigenvalue weighted by molar-refractivity contribution is 5.97. The maximum Gasteiger partial charge on any atom is 0.150 e. The van der Waals surface area contributed by atoms with Gasteiger partial charge in [0.15, 0.2) is 0 Å². The Morgan fingerprint density at radius 1 is 1.21 bits per heavy atom. The van der Waals surface area contributed by atoms with Gasteiger partial charge < -0.3 is 15.0 Å². The van der Waals surface area contributed by atoms with Crippen LogP contribution in [0.25, 0.3) is 22.2 Å². The molecular formula is C14H14N4O. The van der Waals surface area contributed by atoms with Gasteiger partial charge in [-0.15, -0.1) is 0 Å². The minimum atomic E-state index is 0.429. The van der Waals surface area contributed by atoms with Gasteiger partial charge in [0, 0.05) is 42.1 Å². The van der Waals surface area contributed by atoms with Gasteiger partial charge in [0.1, 0.15) is 17.3 Å². The third kappa shape index (κ3) is 1.79. The molecule has 0 radical (unpaired) electrons. The van der Waals surface area contributed by atoms with Crippen LogP contribution in [0.3, 0.4) is 0 Å². The molecule has 5 nitrogen and oxygen atoms in total. The van der Waals surface area contributed by atoms with Crippen molar-refractivity contribution in [3.05, 3.63) is 36.8 Å². The lowest BCUT2D eigenvalue weighted by atomic mass is 10.1. The van der Waals surface area contributed by atoms with Crippen molar-refractivity contribution in [3.63, 3.8) is 0 Å². The Balaban J connectivity index is 2.32. The van der Waals surface area contributed by atoms with E-state index in [-0.39, 0.29) is 0 Å². The number of methoxy groups -OCH3 is 1. The lowest BCUT2D eigenvalue weighted by molar-refractivity contribution is 0.415. The molecule has 2 heterocycles. The van der Waals surface area contributed by atoms with E-state index in [0.29, 0.717) is 11.5 Å². The topological polar surface area (TPSA) is 66.0 Å². The van der Waals surface area contributed by atoms with Gasteiger partial charge in [-0.2, -0.15) is 0 Å². The Labute approximate surface area is 110 Å². The zero-order chi connectivity index (χ0) is 13.4. The van der Waals surface area contributed by atoms with Crippen LogP contribution in [-0.4, -0.2) is 21.6 Å². The molecule has 19 heavy (non-hydrogen) atoms. The number of fused-ring (bicyclic) bond motifs is 1. The van der Waals surface area contributed by atoms with Gasteiger partial charge in [-0.3, -0.25) is 4.98 Å². The summed E-state index contributed by atoms with van der Waals surface area (Å²) in [5.74, 6) is 1.24. The molecule has 0 aliphatic rings. The number of rotatable bonds is 2. The first-order valence-electron chi connectivity index (χ1n) is 5.90. The molecule has 0 saturated heterocycles. The number of aromatic nitrogens is 3. The molecule has 1 aromatic carbocycles. The number of anilines is 1. The molecule has 0 aliphatic carbocycles. The predicted octanol–water partition coefficient (Wildman–Crippen LogP) is 2.23. The van der Waals surface area contributed by atoms with Crippen molar-refractivity contribution in [3.8, 4) is 17.0 Å². The fraction of sp³-hybridized carbons (Fsp3) is 0.143. The Bertz CT molecular complexity index is 748. The van der Waals surface area contributed by atoms with Gasteiger partial charge in [0.25, 0.3) is 0 Å². The van der Waals surface area contributed by atoms with Gasteiger partial charge >= 0.3 is 0 Å². The number of hydrogen-bond acceptors (Lipinski definition) is 4. The van der Waals surface area contributed by atoms with Crippen LogP contribution in [0.4, 0.5) is 5.82 Å². The van der Waals surface area contributed by atoms with Gasteiger partial charge in [-0.25, -0.2) is 4.98 Å². The second kappa shape index (κ2) is 4.28. The quantitative estimate of drug-likeness (QED) is 0.761. The average Bonchev–Trinajstić information content (AvgIpc) is 2.76. The van der Waals surface area contributed by atoms with Crippen molar-refractivity contribution in [1.82, 2.24) is 14.5 Å². The van der Waals surface area contributed by atoms with Crippen LogP contribution in [0.5, 0.6) is 5.75 Å². The van der Waals surface area contributed by atoms with Gasteiger partial charge in [0.2, 0.25) is 0 Å². The maximum atomic E-state index is 5.91. The number of benzene rings is 1. The van der Waals surface area contributed by atoms with E-state index in [9.17, 15) is 0 Å². The smallest absolute Gasteiger partial charge is 0.150 e. The second-order valence-corrected chi connectivity index (χ2v) is 4.33. The largest absolute Gasteiger partial charge is 0.497 e. The molecule has 3 rings (SSSR count). The summed E-state index contributed by atoms with van der Waals surface area (Å²) in [6.07, 6.45) is 5.24. The van der Waals surface area contributed by atoms with Crippen LogP contribution in [-0.2, 0) is 7.05 Å². The third-order valence-electron chi connectivity index (χ3n) is 3.18. The highest BCUT2D eigenvalue weighted by Crippen LogP contribution is 2.33. The Morgan fingerprint density at radius 2 is 2.00 bits per heavy atom. The van der Waals surface area contributed by atoms with Crippen LogP contribution in [0.15, 0.2) is 36.8 Å². The van der Waals surface area contributed by atoms with E-state index < -0.39 is 0 Å². The monoisotopic (exact) mass is 254 g/mol. The van der Waals surface area contributed by atoms with E-state index in [0.717, 1.165) is 22.2 Å². The van der Waals surface area contributed by atoms with Crippen molar-refractivity contribution in [1.29, 1.82) is 0 Å². The molecule has 5 heteroatoms. The van der Waals surface area contributed by atoms with E-state index >= 15 is 0 Å². The first-order chi connectivity index (χ1) is 9.20. The van der Waals surface area contributed by atoms with Crippen molar-refractivity contribution >= 4 is 16.7 Å². The lowest BCUT2D eigenvalue weighted by Crippen LogP contribution is -1.95. The maximum absolute atomic E-state index is 5.91. The molecule has 2 aromatic heterocycles. The number of hydrogen-bond donors (Lipinski definition) is 1. The van der Waals surface area contributed by atoms with E-state index in [1.807, 2.05) is 36.0 Å². The van der Waals surface area contributed by atoms with Gasteiger partial charge in [-0.05, 0) is 18.2 Å². The minimum Gasteiger partial charge on any atom is -0.497 e. The molecule has 96 valence electrons. The number of nitrogen functional groups attached to an aromatic ring is 1. The molecule has 0 atom stereocenters. The Hall–Kier alpha value is -2.56. The van der Waals surface area contributed by atoms with Crippen molar-refractivity contribution in [2.75, 3.05) is 12.8 Å². The summed E-state index contributed by atoms with van der Waals surface area (Å²) >= 11 is 0. The summed E-state index contributed by atoms with van der Waals surface area (Å²) in [5, 5.41) is 1.05. The molecule has 0 aliphatic heterocycles. The summed E-state index contributed by atoms with van der Waals surface area (Å²) in [7, 11) is 3.64. The molecule has 2 N–H and O–H groups in total. The molecule has 0 amide bonds. The number of ether oxygens (including phenoxy) is 1. The average molecular weight is 254 g/mol. The third-order valence-corrected chi connectivity index (χ3v) is 3.18. The standard InChI is InChI=1S/C14H14N4O/c1-18-8-11(13-14(15)17-6-5-16-13)10-7-9(19-2)3-4-12(10)18/h3-8H,1-2H3,(H2,15,17). The Morgan fingerprint density at radius 3 is 2.74 bits per heavy atom. The van der Waals surface area contributed by atoms with Crippen LogP contribution >= 0.6 is 0 Å². The number of aryl methyl sites for hydroxylation is 1. The molecule has 0 saturated carbocycles. The SMILES string of the molecule is COc1ccc2c(c1)c(-c1nccnc1N)cn2C. The summed E-state index contributed by atoms with van der Waals surface area (Å²) in [5.41, 5.74) is 8.66. The van der Waals surface area contributed by atoms with Crippen LogP contribution in [0, 0.1) is 0 Å². The normalized spacial score (nSPS) is 10.8. The highest BCUT2D eigenvalue weighted by atomic mass is 16.5. The van der Waals surface area contributed by atoms with Crippen molar-refractivity contribution in [2.24, 2.45) is 7.05 Å². The van der Waals surface area contributed by atoms with Crippen LogP contribution < -0.4 is 10.5 Å². The molecule has 0 bridgehead atoms. The Kier molecular flexibility index (Phi) is 2.59. The van der Waals surface area contributed by atoms with E-state index in [1.54, 1.807) is 19.5 Å². The van der Waals surface area contributed by atoms with Crippen LogP contribution in [0.2, 0.25) is 0 Å². The molecular weight excluding hydrogens is 240 g/mol. The summed E-state index contributed by atoms with van der Waals surface area (Å²) in [6.45, 7) is 0. The second-order valence-electron chi connectivity index (χ2n) is 4.33. The first-order valence-corrected chi connectivity index (χ1v) is 5.90. The fourth-order valence-electron chi connectivity index (χ4n) is 2.24. The zero-order valence-corrected chi connectivity index (χ0v) is 10.8. The molecule has 0 unspecified atom stereocenters. The van der Waals surface area contributed by atoms with Gasteiger partial charge in [0.05, 0.1) is 7.11 Å². The fourth-order valence-corrected chi connectivity index (χ4v) is 2.24. The lowest BCUT2D eigenvalue weighted by Gasteiger charge is -2.03. The van der Waals surface area contributed by atoms with E-state index in [2.05, 4.69) is 9.97 Å². The summed E-state index contributed by atoms with van der Waals surface area (Å²) in [6, 6.07) is 5.94. The van der Waals surface area contributed by atoms with E-state index in [4.69, 9.17) is 10.5 Å². The van der Waals surface area contributed by atoms with Crippen molar-refractivity contribution < 1.29 is 4.74 Å².